The molecule has 0 spiro atoms. The van der Waals surface area contributed by atoms with Crippen LogP contribution in [-0.4, -0.2) is 48.9 Å². The molecule has 0 bridgehead atoms. The number of hydrogen-bond acceptors (Lipinski definition) is 4. The van der Waals surface area contributed by atoms with Gasteiger partial charge in [0.2, 0.25) is 0 Å². The number of benzene rings is 4. The second-order valence-corrected chi connectivity index (χ2v) is 12.4. The average Bonchev–Trinajstić information content (AvgIpc) is 3.27. The molecular formula is C39H44N2O2. The minimum absolute atomic E-state index is 0.308. The maximum atomic E-state index is 13.2. The Kier molecular flexibility index (Phi) is 9.66. The SMILES string of the molecule is COc1ccc(CN2CCc3ccc(C(=O)CCC4CCN(Cc5ccc(-c6ccccc6)cc5)CC4)cc3CC2)cc1. The number of piperidine rings is 1. The van der Waals surface area contributed by atoms with Crippen LogP contribution in [0, 0.1) is 5.92 Å². The Morgan fingerprint density at radius 1 is 0.698 bits per heavy atom. The second-order valence-electron chi connectivity index (χ2n) is 12.4. The molecule has 0 radical (unpaired) electrons. The van der Waals surface area contributed by atoms with Crippen molar-refractivity contribution in [3.8, 4) is 16.9 Å². The lowest BCUT2D eigenvalue weighted by molar-refractivity contribution is 0.0961. The van der Waals surface area contributed by atoms with Crippen LogP contribution in [0.1, 0.15) is 58.3 Å². The van der Waals surface area contributed by atoms with Crippen molar-refractivity contribution in [1.82, 2.24) is 9.80 Å². The molecule has 0 aliphatic carbocycles. The van der Waals surface area contributed by atoms with Gasteiger partial charge in [0.05, 0.1) is 7.11 Å². The molecule has 0 aromatic heterocycles. The third-order valence-electron chi connectivity index (χ3n) is 9.44. The minimum Gasteiger partial charge on any atom is -0.497 e. The number of methoxy groups -OCH3 is 1. The maximum absolute atomic E-state index is 13.2. The van der Waals surface area contributed by atoms with E-state index in [9.17, 15) is 4.79 Å². The summed E-state index contributed by atoms with van der Waals surface area (Å²) in [5.74, 6) is 1.85. The van der Waals surface area contributed by atoms with E-state index in [4.69, 9.17) is 4.74 Å². The zero-order valence-corrected chi connectivity index (χ0v) is 25.5. The molecule has 4 heteroatoms. The standard InChI is InChI=1S/C39H44N2O2/c1-43-38-16-9-32(10-17-38)29-41-25-21-35-14-15-37(27-36(35)22-26-41)39(42)18-11-30-19-23-40(24-20-30)28-31-7-12-34(13-8-31)33-5-3-2-4-6-33/h2-10,12-17,27,30H,11,18-26,28-29H2,1H3. The first kappa shape index (κ1) is 29.3. The molecule has 0 amide bonds. The van der Waals surface area contributed by atoms with Crippen LogP contribution in [0.5, 0.6) is 5.75 Å². The van der Waals surface area contributed by atoms with Crippen molar-refractivity contribution in [3.05, 3.63) is 125 Å². The summed E-state index contributed by atoms with van der Waals surface area (Å²) < 4.78 is 5.30. The van der Waals surface area contributed by atoms with Crippen molar-refractivity contribution in [3.63, 3.8) is 0 Å². The number of ketones is 1. The van der Waals surface area contributed by atoms with E-state index in [1.54, 1.807) is 7.11 Å². The lowest BCUT2D eigenvalue weighted by Crippen LogP contribution is -2.33. The quantitative estimate of drug-likeness (QED) is 0.181. The molecule has 4 nitrogen and oxygen atoms in total. The summed E-state index contributed by atoms with van der Waals surface area (Å²) in [6.07, 6.45) is 6.07. The van der Waals surface area contributed by atoms with Crippen molar-refractivity contribution in [2.45, 2.75) is 51.6 Å². The Bertz CT molecular complexity index is 1470. The number of hydrogen-bond donors (Lipinski definition) is 0. The van der Waals surface area contributed by atoms with Gasteiger partial charge in [-0.2, -0.15) is 0 Å². The summed E-state index contributed by atoms with van der Waals surface area (Å²) in [5.41, 5.74) is 8.88. The normalized spacial score (nSPS) is 16.4. The molecule has 6 rings (SSSR count). The fourth-order valence-electron chi connectivity index (χ4n) is 6.70. The Balaban J connectivity index is 0.942. The van der Waals surface area contributed by atoms with Crippen LogP contribution in [0.2, 0.25) is 0 Å². The Labute approximate surface area is 257 Å². The van der Waals surface area contributed by atoms with Gasteiger partial charge in [0.25, 0.3) is 0 Å². The van der Waals surface area contributed by atoms with Gasteiger partial charge in [0, 0.05) is 38.2 Å². The number of Topliss-reactive ketones (excluding diaryl/α,β-unsaturated/α-hetero) is 1. The number of likely N-dealkylation sites (tertiary alicyclic amines) is 1. The summed E-state index contributed by atoms with van der Waals surface area (Å²) in [6.45, 7) is 6.25. The zero-order valence-electron chi connectivity index (χ0n) is 25.5. The smallest absolute Gasteiger partial charge is 0.162 e. The van der Waals surface area contributed by atoms with Gasteiger partial charge in [-0.3, -0.25) is 14.6 Å². The summed E-state index contributed by atoms with van der Waals surface area (Å²) in [4.78, 5) is 18.3. The van der Waals surface area contributed by atoms with Gasteiger partial charge in [-0.25, -0.2) is 0 Å². The van der Waals surface area contributed by atoms with Crippen LogP contribution in [0.4, 0.5) is 0 Å². The molecule has 4 aromatic carbocycles. The van der Waals surface area contributed by atoms with E-state index in [2.05, 4.69) is 94.7 Å². The molecule has 2 aliphatic rings. The highest BCUT2D eigenvalue weighted by molar-refractivity contribution is 5.96. The van der Waals surface area contributed by atoms with Crippen LogP contribution in [-0.2, 0) is 25.9 Å². The predicted molar refractivity (Wildman–Crippen MR) is 176 cm³/mol. The molecule has 0 atom stereocenters. The number of rotatable bonds is 10. The lowest BCUT2D eigenvalue weighted by atomic mass is 9.89. The molecule has 0 unspecified atom stereocenters. The number of ether oxygens (including phenoxy) is 1. The summed E-state index contributed by atoms with van der Waals surface area (Å²) in [6, 6.07) is 34.5. The van der Waals surface area contributed by atoms with Crippen LogP contribution in [0.15, 0.2) is 97.1 Å². The summed E-state index contributed by atoms with van der Waals surface area (Å²) >= 11 is 0. The van der Waals surface area contributed by atoms with Crippen LogP contribution >= 0.6 is 0 Å². The van der Waals surface area contributed by atoms with Crippen LogP contribution in [0.3, 0.4) is 0 Å². The fourth-order valence-corrected chi connectivity index (χ4v) is 6.70. The summed E-state index contributed by atoms with van der Waals surface area (Å²) in [5, 5.41) is 0. The van der Waals surface area contributed by atoms with Crippen LogP contribution in [0.25, 0.3) is 11.1 Å². The van der Waals surface area contributed by atoms with Crippen molar-refractivity contribution in [2.24, 2.45) is 5.92 Å². The molecule has 43 heavy (non-hydrogen) atoms. The zero-order chi connectivity index (χ0) is 29.4. The van der Waals surface area contributed by atoms with Gasteiger partial charge in [0.15, 0.2) is 5.78 Å². The monoisotopic (exact) mass is 572 g/mol. The van der Waals surface area contributed by atoms with Gasteiger partial charge in [0.1, 0.15) is 5.75 Å². The lowest BCUT2D eigenvalue weighted by Gasteiger charge is -2.32. The highest BCUT2D eigenvalue weighted by Crippen LogP contribution is 2.26. The molecule has 0 N–H and O–H groups in total. The molecule has 222 valence electrons. The predicted octanol–water partition coefficient (Wildman–Crippen LogP) is 7.84. The van der Waals surface area contributed by atoms with Gasteiger partial charge in [-0.05, 0) is 103 Å². The van der Waals surface area contributed by atoms with E-state index in [-0.39, 0.29) is 0 Å². The average molecular weight is 573 g/mol. The van der Waals surface area contributed by atoms with E-state index in [0.29, 0.717) is 18.1 Å². The Morgan fingerprint density at radius 2 is 1.30 bits per heavy atom. The van der Waals surface area contributed by atoms with Crippen molar-refractivity contribution < 1.29 is 9.53 Å². The number of fused-ring (bicyclic) bond motifs is 1. The van der Waals surface area contributed by atoms with Gasteiger partial charge in [-0.1, -0.05) is 78.9 Å². The fraction of sp³-hybridized carbons (Fsp3) is 0.359. The highest BCUT2D eigenvalue weighted by Gasteiger charge is 2.21. The third-order valence-corrected chi connectivity index (χ3v) is 9.44. The van der Waals surface area contributed by atoms with E-state index >= 15 is 0 Å². The molecule has 1 fully saturated rings. The molecule has 4 aromatic rings. The Morgan fingerprint density at radius 3 is 1.98 bits per heavy atom. The molecule has 0 saturated carbocycles. The van der Waals surface area contributed by atoms with E-state index in [1.165, 1.54) is 46.2 Å². The minimum atomic E-state index is 0.308. The molecular weight excluding hydrogens is 528 g/mol. The third kappa shape index (κ3) is 7.81. The van der Waals surface area contributed by atoms with E-state index in [1.807, 2.05) is 12.1 Å². The van der Waals surface area contributed by atoms with Crippen LogP contribution < -0.4 is 4.74 Å². The van der Waals surface area contributed by atoms with Gasteiger partial charge in [-0.15, -0.1) is 0 Å². The number of carbonyl (C=O) groups excluding carboxylic acids is 1. The van der Waals surface area contributed by atoms with Crippen molar-refractivity contribution in [1.29, 1.82) is 0 Å². The Hall–Kier alpha value is -3.73. The van der Waals surface area contributed by atoms with E-state index < -0.39 is 0 Å². The largest absolute Gasteiger partial charge is 0.497 e. The molecule has 2 heterocycles. The molecule has 1 saturated heterocycles. The first-order valence-corrected chi connectivity index (χ1v) is 16.0. The molecule has 2 aliphatic heterocycles. The van der Waals surface area contributed by atoms with Crippen molar-refractivity contribution >= 4 is 5.78 Å². The first-order chi connectivity index (χ1) is 21.1. The number of carbonyl (C=O) groups is 1. The van der Waals surface area contributed by atoms with Gasteiger partial charge < -0.3 is 4.74 Å². The number of nitrogens with zero attached hydrogens (tertiary/aromatic N) is 2. The highest BCUT2D eigenvalue weighted by atomic mass is 16.5. The summed E-state index contributed by atoms with van der Waals surface area (Å²) in [7, 11) is 1.71. The maximum Gasteiger partial charge on any atom is 0.162 e. The van der Waals surface area contributed by atoms with E-state index in [0.717, 1.165) is 69.8 Å². The topological polar surface area (TPSA) is 32.8 Å². The first-order valence-electron chi connectivity index (χ1n) is 16.0. The van der Waals surface area contributed by atoms with Crippen molar-refractivity contribution in [2.75, 3.05) is 33.3 Å². The second kappa shape index (κ2) is 14.2. The van der Waals surface area contributed by atoms with Gasteiger partial charge >= 0.3 is 0 Å².